The van der Waals surface area contributed by atoms with E-state index in [0.29, 0.717) is 6.42 Å². The predicted octanol–water partition coefficient (Wildman–Crippen LogP) is 3.64. The summed E-state index contributed by atoms with van der Waals surface area (Å²) in [5.74, 6) is -1.74. The minimum absolute atomic E-state index is 0. The van der Waals surface area contributed by atoms with Crippen LogP contribution in [0.5, 0.6) is 0 Å². The smallest absolute Gasteiger partial charge is 0.368 e. The first-order chi connectivity index (χ1) is 7.59. The summed E-state index contributed by atoms with van der Waals surface area (Å²) >= 11 is 0. The van der Waals surface area contributed by atoms with Crippen molar-refractivity contribution in [3.05, 3.63) is 12.5 Å². The number of halogens is 6. The van der Waals surface area contributed by atoms with Crippen LogP contribution in [0.3, 0.4) is 0 Å². The van der Waals surface area contributed by atoms with Gasteiger partial charge in [-0.25, -0.2) is 13.2 Å². The van der Waals surface area contributed by atoms with Crippen molar-refractivity contribution >= 4 is 0 Å². The SMILES string of the molecule is O[C-](C(F)(F)F)C1(C(F)(F)F)CC2[CH-]C1CC2.[Rf].[Rf].[Rf].[Rf].[Rf]. The second-order valence-corrected chi connectivity index (χ2v) is 4.66. The third-order valence-electron chi connectivity index (χ3n) is 3.77. The van der Waals surface area contributed by atoms with Gasteiger partial charge >= 0.3 is 6.18 Å². The van der Waals surface area contributed by atoms with Crippen molar-refractivity contribution in [2.45, 2.75) is 31.6 Å². The molecule has 0 aromatic heterocycles. The Hall–Kier alpha value is -5.46. The summed E-state index contributed by atoms with van der Waals surface area (Å²) in [7, 11) is 0. The van der Waals surface area contributed by atoms with Gasteiger partial charge in [-0.2, -0.15) is 25.0 Å². The zero-order valence-electron chi connectivity index (χ0n) is 12.1. The van der Waals surface area contributed by atoms with Gasteiger partial charge in [-0.15, -0.1) is 0 Å². The van der Waals surface area contributed by atoms with E-state index in [1.165, 1.54) is 6.42 Å². The maximum absolute atomic E-state index is 13.0. The molecule has 2 rings (SSSR count). The fourth-order valence-corrected chi connectivity index (χ4v) is 3.05. The van der Waals surface area contributed by atoms with E-state index in [0.717, 1.165) is 0 Å². The number of fused-ring (bicyclic) bond motifs is 2. The van der Waals surface area contributed by atoms with Gasteiger partial charge in [-0.05, 0) is 0 Å². The Balaban J connectivity index is -0.000000324. The van der Waals surface area contributed by atoms with Gasteiger partial charge in [0.2, 0.25) is 0 Å². The molecule has 2 aliphatic carbocycles. The van der Waals surface area contributed by atoms with Crippen molar-refractivity contribution in [1.82, 2.24) is 0 Å². The first-order valence-corrected chi connectivity index (χ1v) is 5.14. The summed E-state index contributed by atoms with van der Waals surface area (Å²) in [6.45, 7) is 0. The molecule has 0 aromatic carbocycles. The zero-order chi connectivity index (χ0) is 13.1. The number of alkyl halides is 6. The summed E-state index contributed by atoms with van der Waals surface area (Å²) in [4.78, 5) is 0. The van der Waals surface area contributed by atoms with E-state index >= 15 is 0 Å². The average molecular weight is 1600 g/mol. The largest absolute Gasteiger partial charge is 0.554 e. The Morgan fingerprint density at radius 3 is 1.59 bits per heavy atom. The number of hydrogen-bond donors (Lipinski definition) is 1. The number of rotatable bonds is 1. The number of hydrogen-bond acceptors (Lipinski definition) is 1. The molecule has 0 aliphatic heterocycles. The van der Waals surface area contributed by atoms with E-state index in [1.54, 1.807) is 0 Å². The molecule has 0 radical (unpaired) electrons. The quantitative estimate of drug-likeness (QED) is 0.315. The van der Waals surface area contributed by atoms with E-state index in [1.807, 2.05) is 0 Å². The first-order valence-electron chi connectivity index (χ1n) is 5.14. The normalized spacial score (nSPS) is 29.5. The fraction of sp³-hybridized carbons (Fsp3) is 0.800. The molecule has 3 atom stereocenters. The van der Waals surface area contributed by atoms with Gasteiger partial charge < -0.3 is 11.5 Å². The molecule has 1 nitrogen and oxygen atoms in total. The molecule has 0 spiro atoms. The Morgan fingerprint density at radius 1 is 0.909 bits per heavy atom. The molecule has 3 unspecified atom stereocenters. The molecule has 0 amide bonds. The maximum atomic E-state index is 13.0. The van der Waals surface area contributed by atoms with Crippen LogP contribution >= 0.6 is 0 Å². The van der Waals surface area contributed by atoms with E-state index in [2.05, 4.69) is 0 Å². The van der Waals surface area contributed by atoms with Crippen LogP contribution in [0.25, 0.3) is 0 Å². The van der Waals surface area contributed by atoms with Gasteiger partial charge in [0.05, 0.1) is 0 Å². The molecule has 2 fully saturated rings. The van der Waals surface area contributed by atoms with Crippen molar-refractivity contribution < 1.29 is 31.4 Å². The second-order valence-electron chi connectivity index (χ2n) is 4.66. The second kappa shape index (κ2) is 5.04. The average Bonchev–Trinajstić information content (AvgIpc) is 2.72. The van der Waals surface area contributed by atoms with E-state index < -0.39 is 42.1 Å². The molecular formula is C10H10F6ORf5-2. The minimum atomic E-state index is -5.33. The van der Waals surface area contributed by atoms with Crippen LogP contribution in [-0.2, 0) is 0 Å². The van der Waals surface area contributed by atoms with Crippen LogP contribution in [0.15, 0.2) is 0 Å². The van der Waals surface area contributed by atoms with Crippen molar-refractivity contribution in [3.8, 4) is 0 Å². The topological polar surface area (TPSA) is 20.2 Å². The number of aliphatic hydroxyl groups excluding tert-OH is 1. The van der Waals surface area contributed by atoms with Crippen LogP contribution in [0, 0.1) is 29.8 Å². The van der Waals surface area contributed by atoms with Crippen molar-refractivity contribution in [2.75, 3.05) is 0 Å². The predicted molar refractivity (Wildman–Crippen MR) is 44.9 cm³/mol. The van der Waals surface area contributed by atoms with Gasteiger partial charge in [0.1, 0.15) is 0 Å². The van der Waals surface area contributed by atoms with Gasteiger partial charge in [0.15, 0.2) is 0 Å². The molecule has 2 bridgehead atoms. The molecule has 22 heavy (non-hydrogen) atoms. The molecule has 1 N–H and O–H groups in total. The monoisotopic (exact) mass is 1600 g/mol. The molecule has 0 aromatic rings. The number of aliphatic hydroxyl groups is 1. The summed E-state index contributed by atoms with van der Waals surface area (Å²) in [5, 5.41) is 9.05. The van der Waals surface area contributed by atoms with Gasteiger partial charge in [0, 0.05) is 0 Å². The molecule has 12 heteroatoms. The van der Waals surface area contributed by atoms with Crippen molar-refractivity contribution in [1.29, 1.82) is 0 Å². The maximum Gasteiger partial charge on any atom is 0.368 e. The minimum Gasteiger partial charge on any atom is -0.554 e. The van der Waals surface area contributed by atoms with Crippen molar-refractivity contribution in [3.63, 3.8) is 0 Å². The first kappa shape index (κ1) is 25.4. The van der Waals surface area contributed by atoms with Gasteiger partial charge in [-0.3, -0.25) is 0 Å². The van der Waals surface area contributed by atoms with E-state index in [9.17, 15) is 26.3 Å². The van der Waals surface area contributed by atoms with Crippen molar-refractivity contribution in [2.24, 2.45) is 17.3 Å². The Morgan fingerprint density at radius 2 is 1.36 bits per heavy atom. The van der Waals surface area contributed by atoms with E-state index in [4.69, 9.17) is 5.11 Å². The Labute approximate surface area is 93.8 Å². The van der Waals surface area contributed by atoms with Crippen LogP contribution < -0.4 is 0 Å². The van der Waals surface area contributed by atoms with Crippen LogP contribution in [-0.4, -0.2) is 17.5 Å². The molecular weight excluding hydrogens is 1590 g/mol. The summed E-state index contributed by atoms with van der Waals surface area (Å²) in [6, 6.07) is 0. The van der Waals surface area contributed by atoms with Crippen LogP contribution in [0.2, 0.25) is 0 Å². The van der Waals surface area contributed by atoms with Crippen LogP contribution in [0.4, 0.5) is 26.3 Å². The Bertz CT molecular complexity index is 326. The molecule has 2 saturated carbocycles. The van der Waals surface area contributed by atoms with E-state index in [-0.39, 0.29) is 6.42 Å². The molecule has 0 saturated heterocycles. The van der Waals surface area contributed by atoms with Crippen LogP contribution in [0.1, 0.15) is 19.3 Å². The zero-order valence-corrected chi connectivity index (χ0v) is 44.1. The third-order valence-corrected chi connectivity index (χ3v) is 3.77. The fourth-order valence-electron chi connectivity index (χ4n) is 3.05. The van der Waals surface area contributed by atoms with Gasteiger partial charge in [-0.1, -0.05) is 30.8 Å². The molecule has 2 aliphatic rings. The standard InChI is InChI=1S/C10H10F6O.5Rf/c11-9(12,13)7(17)8(10(14,15)16)4-5-1-2-6(8)3-5;;;;;/h3,5-6,17H,1-2,4H2;;;;;/q-2;;;;;. The molecule has 0 heterocycles. The summed E-state index contributed by atoms with van der Waals surface area (Å²) < 4.78 is 76.1. The summed E-state index contributed by atoms with van der Waals surface area (Å²) in [6.07, 6.45) is -11.7. The Kier molecular flexibility index (Phi) is 5.82. The molecule has 110 valence electrons. The van der Waals surface area contributed by atoms with Gasteiger partial charge in [0.25, 0.3) is 6.18 Å². The summed E-state index contributed by atoms with van der Waals surface area (Å²) in [5.41, 5.74) is -3.12. The third kappa shape index (κ3) is 2.11.